The van der Waals surface area contributed by atoms with Crippen LogP contribution in [0.5, 0.6) is 0 Å². The first kappa shape index (κ1) is 18.3. The normalized spacial score (nSPS) is 13.8. The molecule has 1 fully saturated rings. The molecule has 0 radical (unpaired) electrons. The van der Waals surface area contributed by atoms with Gasteiger partial charge < -0.3 is 15.2 Å². The van der Waals surface area contributed by atoms with Crippen molar-refractivity contribution in [2.75, 3.05) is 16.8 Å². The van der Waals surface area contributed by atoms with E-state index in [2.05, 4.69) is 10.3 Å². The largest absolute Gasteiger partial charge is 0.381 e. The number of aromatic amines is 1. The minimum atomic E-state index is -0.129. The van der Waals surface area contributed by atoms with Gasteiger partial charge in [-0.25, -0.2) is 0 Å². The van der Waals surface area contributed by atoms with Gasteiger partial charge in [0.1, 0.15) is 0 Å². The van der Waals surface area contributed by atoms with Crippen LogP contribution >= 0.6 is 11.6 Å². The Morgan fingerprint density at radius 2 is 1.86 bits per heavy atom. The lowest BCUT2D eigenvalue weighted by atomic mass is 10.1. The standard InChI is InChI=1S/C22H20ClN3O2/c23-18-8-6-15(7-9-18)16-11-17(22(28)25-13-16)14-24-19-3-1-4-20(12-19)26-10-2-5-21(26)27/h1,3-4,6-9,11-13,24H,2,5,10,14H2,(H,25,28). The van der Waals surface area contributed by atoms with E-state index in [1.807, 2.05) is 54.6 Å². The van der Waals surface area contributed by atoms with Crippen LogP contribution < -0.4 is 15.8 Å². The summed E-state index contributed by atoms with van der Waals surface area (Å²) in [5.41, 5.74) is 4.16. The number of pyridine rings is 1. The lowest BCUT2D eigenvalue weighted by molar-refractivity contribution is -0.117. The average molecular weight is 394 g/mol. The van der Waals surface area contributed by atoms with Crippen LogP contribution in [-0.2, 0) is 11.3 Å². The van der Waals surface area contributed by atoms with Gasteiger partial charge in [-0.05, 0) is 53.9 Å². The van der Waals surface area contributed by atoms with Crippen LogP contribution in [0.15, 0.2) is 65.6 Å². The molecule has 1 aromatic heterocycles. The summed E-state index contributed by atoms with van der Waals surface area (Å²) in [5.74, 6) is 0.157. The van der Waals surface area contributed by atoms with Gasteiger partial charge >= 0.3 is 0 Å². The molecule has 2 N–H and O–H groups in total. The quantitative estimate of drug-likeness (QED) is 0.673. The summed E-state index contributed by atoms with van der Waals surface area (Å²) in [6, 6.07) is 17.1. The van der Waals surface area contributed by atoms with Crippen LogP contribution in [0.4, 0.5) is 11.4 Å². The fraction of sp³-hybridized carbons (Fsp3) is 0.182. The third-order valence-electron chi connectivity index (χ3n) is 4.87. The van der Waals surface area contributed by atoms with E-state index in [-0.39, 0.29) is 11.5 Å². The molecule has 1 amide bonds. The number of rotatable bonds is 5. The topological polar surface area (TPSA) is 65.2 Å². The minimum Gasteiger partial charge on any atom is -0.381 e. The molecular formula is C22H20ClN3O2. The van der Waals surface area contributed by atoms with Crippen LogP contribution in [0.25, 0.3) is 11.1 Å². The van der Waals surface area contributed by atoms with E-state index < -0.39 is 0 Å². The van der Waals surface area contributed by atoms with E-state index in [1.165, 1.54) is 0 Å². The number of benzene rings is 2. The summed E-state index contributed by atoms with van der Waals surface area (Å²) in [4.78, 5) is 28.8. The molecule has 28 heavy (non-hydrogen) atoms. The molecular weight excluding hydrogens is 374 g/mol. The van der Waals surface area contributed by atoms with Gasteiger partial charge in [-0.1, -0.05) is 29.8 Å². The van der Waals surface area contributed by atoms with Gasteiger partial charge in [-0.3, -0.25) is 9.59 Å². The van der Waals surface area contributed by atoms with E-state index >= 15 is 0 Å². The summed E-state index contributed by atoms with van der Waals surface area (Å²) in [6.45, 7) is 1.14. The van der Waals surface area contributed by atoms with Crippen molar-refractivity contribution in [1.82, 2.24) is 4.98 Å². The Labute approximate surface area is 168 Å². The molecule has 0 bridgehead atoms. The number of nitrogens with one attached hydrogen (secondary N) is 2. The van der Waals surface area contributed by atoms with Gasteiger partial charge in [0, 0.05) is 47.7 Å². The van der Waals surface area contributed by atoms with Crippen LogP contribution in [0.2, 0.25) is 5.02 Å². The lowest BCUT2D eigenvalue weighted by Gasteiger charge is -2.17. The number of hydrogen-bond donors (Lipinski definition) is 2. The Balaban J connectivity index is 1.52. The molecule has 4 rings (SSSR count). The predicted octanol–water partition coefficient (Wildman–Crippen LogP) is 4.43. The number of aromatic nitrogens is 1. The van der Waals surface area contributed by atoms with Crippen molar-refractivity contribution in [2.45, 2.75) is 19.4 Å². The van der Waals surface area contributed by atoms with Crippen molar-refractivity contribution >= 4 is 28.9 Å². The van der Waals surface area contributed by atoms with Crippen LogP contribution in [0.1, 0.15) is 18.4 Å². The summed E-state index contributed by atoms with van der Waals surface area (Å²) in [6.07, 6.45) is 3.20. The summed E-state index contributed by atoms with van der Waals surface area (Å²) in [7, 11) is 0. The third kappa shape index (κ3) is 3.94. The van der Waals surface area contributed by atoms with Crippen molar-refractivity contribution in [3.8, 4) is 11.1 Å². The number of carbonyl (C=O) groups excluding carboxylic acids is 1. The molecule has 0 atom stereocenters. The highest BCUT2D eigenvalue weighted by Crippen LogP contribution is 2.25. The molecule has 0 spiro atoms. The molecule has 1 aliphatic heterocycles. The van der Waals surface area contributed by atoms with Gasteiger partial charge in [0.2, 0.25) is 5.91 Å². The fourth-order valence-corrected chi connectivity index (χ4v) is 3.50. The zero-order valence-electron chi connectivity index (χ0n) is 15.2. The number of hydrogen-bond acceptors (Lipinski definition) is 3. The highest BCUT2D eigenvalue weighted by Gasteiger charge is 2.21. The Morgan fingerprint density at radius 3 is 2.61 bits per heavy atom. The first-order valence-corrected chi connectivity index (χ1v) is 9.60. The van der Waals surface area contributed by atoms with Crippen LogP contribution in [0.3, 0.4) is 0 Å². The molecule has 2 aromatic carbocycles. The Morgan fingerprint density at radius 1 is 1.04 bits per heavy atom. The maximum atomic E-state index is 12.2. The fourth-order valence-electron chi connectivity index (χ4n) is 3.37. The Bertz CT molecular complexity index is 1060. The molecule has 0 unspecified atom stereocenters. The summed E-state index contributed by atoms with van der Waals surface area (Å²) >= 11 is 5.95. The molecule has 2 heterocycles. The Kier molecular flexibility index (Phi) is 5.17. The number of carbonyl (C=O) groups is 1. The third-order valence-corrected chi connectivity index (χ3v) is 5.12. The van der Waals surface area contributed by atoms with Crippen molar-refractivity contribution < 1.29 is 4.79 Å². The number of H-pyrrole nitrogens is 1. The van der Waals surface area contributed by atoms with Crippen LogP contribution in [-0.4, -0.2) is 17.4 Å². The van der Waals surface area contributed by atoms with Gasteiger partial charge in [0.15, 0.2) is 0 Å². The molecule has 3 aromatic rings. The zero-order chi connectivity index (χ0) is 19.5. The van der Waals surface area contributed by atoms with E-state index in [9.17, 15) is 9.59 Å². The highest BCUT2D eigenvalue weighted by atomic mass is 35.5. The number of nitrogens with zero attached hydrogens (tertiary/aromatic N) is 1. The second-order valence-corrected chi connectivity index (χ2v) is 7.24. The summed E-state index contributed by atoms with van der Waals surface area (Å²) in [5, 5.41) is 3.96. The average Bonchev–Trinajstić information content (AvgIpc) is 3.14. The van der Waals surface area contributed by atoms with Crippen LogP contribution in [0, 0.1) is 0 Å². The molecule has 0 saturated carbocycles. The van der Waals surface area contributed by atoms with Crippen molar-refractivity contribution in [2.24, 2.45) is 0 Å². The maximum Gasteiger partial charge on any atom is 0.252 e. The first-order valence-electron chi connectivity index (χ1n) is 9.22. The molecule has 1 aliphatic rings. The van der Waals surface area contributed by atoms with E-state index in [4.69, 9.17) is 11.6 Å². The van der Waals surface area contributed by atoms with E-state index in [0.717, 1.165) is 35.5 Å². The number of anilines is 2. The van der Waals surface area contributed by atoms with Gasteiger partial charge in [0.05, 0.1) is 0 Å². The van der Waals surface area contributed by atoms with Gasteiger partial charge in [-0.15, -0.1) is 0 Å². The lowest BCUT2D eigenvalue weighted by Crippen LogP contribution is -2.23. The van der Waals surface area contributed by atoms with Gasteiger partial charge in [0.25, 0.3) is 5.56 Å². The smallest absolute Gasteiger partial charge is 0.252 e. The second-order valence-electron chi connectivity index (χ2n) is 6.80. The van der Waals surface area contributed by atoms with Gasteiger partial charge in [-0.2, -0.15) is 0 Å². The SMILES string of the molecule is O=C1CCCN1c1cccc(NCc2cc(-c3ccc(Cl)cc3)c[nH]c2=O)c1. The zero-order valence-corrected chi connectivity index (χ0v) is 16.0. The second kappa shape index (κ2) is 7.90. The maximum absolute atomic E-state index is 12.2. The first-order chi connectivity index (χ1) is 13.6. The molecule has 5 nitrogen and oxygen atoms in total. The molecule has 142 valence electrons. The van der Waals surface area contributed by atoms with Crippen molar-refractivity contribution in [1.29, 1.82) is 0 Å². The Hall–Kier alpha value is -3.05. The molecule has 6 heteroatoms. The van der Waals surface area contributed by atoms with Crippen molar-refractivity contribution in [3.05, 3.63) is 81.7 Å². The van der Waals surface area contributed by atoms with E-state index in [1.54, 1.807) is 11.1 Å². The predicted molar refractivity (Wildman–Crippen MR) is 113 cm³/mol. The van der Waals surface area contributed by atoms with E-state index in [0.29, 0.717) is 23.6 Å². The minimum absolute atomic E-state index is 0.129. The molecule has 1 saturated heterocycles. The number of halogens is 1. The van der Waals surface area contributed by atoms with Crippen molar-refractivity contribution in [3.63, 3.8) is 0 Å². The monoisotopic (exact) mass is 393 g/mol. The summed E-state index contributed by atoms with van der Waals surface area (Å²) < 4.78 is 0. The molecule has 0 aliphatic carbocycles. The number of amides is 1. The highest BCUT2D eigenvalue weighted by molar-refractivity contribution is 6.30.